The Balaban J connectivity index is 1.26. The van der Waals surface area contributed by atoms with Crippen molar-refractivity contribution in [2.75, 3.05) is 26.8 Å². The number of benzene rings is 2. The molecule has 1 aliphatic heterocycles. The van der Waals surface area contributed by atoms with Crippen molar-refractivity contribution < 1.29 is 23.5 Å². The van der Waals surface area contributed by atoms with E-state index in [-0.39, 0.29) is 30.7 Å². The minimum Gasteiger partial charge on any atom is -0.494 e. The Kier molecular flexibility index (Phi) is 7.86. The van der Waals surface area contributed by atoms with Gasteiger partial charge >= 0.3 is 0 Å². The summed E-state index contributed by atoms with van der Waals surface area (Å²) < 4.78 is 24.5. The first kappa shape index (κ1) is 24.2. The molecule has 34 heavy (non-hydrogen) atoms. The lowest BCUT2D eigenvalue weighted by Gasteiger charge is -2.25. The Labute approximate surface area is 201 Å². The lowest BCUT2D eigenvalue weighted by molar-refractivity contribution is -0.139. The van der Waals surface area contributed by atoms with Crippen LogP contribution in [0.5, 0.6) is 11.5 Å². The minimum absolute atomic E-state index is 0.0375. The smallest absolute Gasteiger partial charge is 0.260 e. The molecule has 0 spiro atoms. The summed E-state index contributed by atoms with van der Waals surface area (Å²) in [5.74, 6) is 2.15. The molecule has 2 aromatic carbocycles. The van der Waals surface area contributed by atoms with E-state index in [0.29, 0.717) is 42.2 Å². The zero-order valence-electron chi connectivity index (χ0n) is 20.1. The van der Waals surface area contributed by atoms with Gasteiger partial charge in [0.05, 0.1) is 13.7 Å². The summed E-state index contributed by atoms with van der Waals surface area (Å²) in [6.07, 6.45) is 5.87. The molecule has 2 aliphatic rings. The molecule has 2 aromatic rings. The summed E-state index contributed by atoms with van der Waals surface area (Å²) in [4.78, 5) is 25.4. The lowest BCUT2D eigenvalue weighted by Crippen LogP contribution is -2.42. The molecule has 5 nitrogen and oxygen atoms in total. The van der Waals surface area contributed by atoms with Crippen LogP contribution in [0.2, 0.25) is 0 Å². The molecule has 1 saturated heterocycles. The van der Waals surface area contributed by atoms with Crippen molar-refractivity contribution in [1.82, 2.24) is 4.90 Å². The molecule has 0 aromatic heterocycles. The van der Waals surface area contributed by atoms with Gasteiger partial charge < -0.3 is 14.4 Å². The molecule has 4 rings (SSSR count). The summed E-state index contributed by atoms with van der Waals surface area (Å²) in [6.45, 7) is 3.00. The van der Waals surface area contributed by atoms with Crippen LogP contribution in [-0.4, -0.2) is 43.4 Å². The van der Waals surface area contributed by atoms with Crippen molar-refractivity contribution in [3.63, 3.8) is 0 Å². The fourth-order valence-electron chi connectivity index (χ4n) is 5.33. The second-order valence-corrected chi connectivity index (χ2v) is 9.72. The van der Waals surface area contributed by atoms with Crippen molar-refractivity contribution in [2.24, 2.45) is 5.92 Å². The van der Waals surface area contributed by atoms with Gasteiger partial charge in [-0.25, -0.2) is 4.39 Å². The molecular weight excluding hydrogens is 433 g/mol. The van der Waals surface area contributed by atoms with Gasteiger partial charge in [-0.1, -0.05) is 25.1 Å². The number of carbonyl (C=O) groups excluding carboxylic acids is 2. The minimum atomic E-state index is -0.322. The topological polar surface area (TPSA) is 55.8 Å². The number of carbonyl (C=O) groups is 2. The Bertz CT molecular complexity index is 1010. The van der Waals surface area contributed by atoms with Crippen LogP contribution in [0.3, 0.4) is 0 Å². The van der Waals surface area contributed by atoms with Gasteiger partial charge in [0.1, 0.15) is 5.75 Å². The third-order valence-corrected chi connectivity index (χ3v) is 7.29. The van der Waals surface area contributed by atoms with Gasteiger partial charge in [0.25, 0.3) is 5.91 Å². The van der Waals surface area contributed by atoms with Crippen LogP contribution in [0, 0.1) is 11.7 Å². The SMILES string of the molecule is COc1cc([C@@H](C)C[C@H]2CC[C@@H](c3ccc(OCC(=O)N4CCCC(=O)C4)cc3)C2)ccc1F. The molecule has 2 fully saturated rings. The van der Waals surface area contributed by atoms with Crippen molar-refractivity contribution in [3.8, 4) is 11.5 Å². The van der Waals surface area contributed by atoms with E-state index < -0.39 is 0 Å². The highest BCUT2D eigenvalue weighted by atomic mass is 19.1. The summed E-state index contributed by atoms with van der Waals surface area (Å²) in [6, 6.07) is 13.2. The Morgan fingerprint density at radius 1 is 1.18 bits per heavy atom. The molecule has 1 aliphatic carbocycles. The monoisotopic (exact) mass is 467 g/mol. The summed E-state index contributed by atoms with van der Waals surface area (Å²) >= 11 is 0. The molecular formula is C28H34FNO4. The zero-order chi connectivity index (χ0) is 24.1. The molecule has 1 amide bonds. The van der Waals surface area contributed by atoms with Gasteiger partial charge in [-0.2, -0.15) is 0 Å². The molecule has 0 unspecified atom stereocenters. The van der Waals surface area contributed by atoms with E-state index in [1.54, 1.807) is 4.90 Å². The Morgan fingerprint density at radius 3 is 2.71 bits per heavy atom. The zero-order valence-corrected chi connectivity index (χ0v) is 20.1. The number of halogens is 1. The van der Waals surface area contributed by atoms with Gasteiger partial charge in [0.15, 0.2) is 24.0 Å². The summed E-state index contributed by atoms with van der Waals surface area (Å²) in [7, 11) is 1.50. The fraction of sp³-hybridized carbons (Fsp3) is 0.500. The molecule has 1 saturated carbocycles. The van der Waals surface area contributed by atoms with Gasteiger partial charge in [0, 0.05) is 13.0 Å². The van der Waals surface area contributed by atoms with Crippen molar-refractivity contribution >= 4 is 11.7 Å². The van der Waals surface area contributed by atoms with Gasteiger partial charge in [-0.05, 0) is 85.3 Å². The standard InChI is InChI=1S/C28H34FNO4/c1-19(22-9-12-26(29)27(16-22)33-2)14-20-5-6-23(15-20)21-7-10-25(11-8-21)34-18-28(32)30-13-3-4-24(31)17-30/h7-12,16,19-20,23H,3-6,13-15,17-18H2,1-2H3/t19-,20+,23+/m0/s1. The number of rotatable bonds is 8. The predicted octanol–water partition coefficient (Wildman–Crippen LogP) is 5.48. The highest BCUT2D eigenvalue weighted by molar-refractivity contribution is 5.87. The van der Waals surface area contributed by atoms with Crippen molar-refractivity contribution in [2.45, 2.75) is 57.3 Å². The largest absolute Gasteiger partial charge is 0.494 e. The molecule has 3 atom stereocenters. The number of hydrogen-bond donors (Lipinski definition) is 0. The van der Waals surface area contributed by atoms with E-state index in [2.05, 4.69) is 19.1 Å². The van der Waals surface area contributed by atoms with Crippen molar-refractivity contribution in [3.05, 3.63) is 59.4 Å². The first-order valence-corrected chi connectivity index (χ1v) is 12.3. The number of Topliss-reactive ketones (excluding diaryl/α,β-unsaturated/α-hetero) is 1. The van der Waals surface area contributed by atoms with Crippen LogP contribution in [0.1, 0.15) is 68.4 Å². The van der Waals surface area contributed by atoms with Gasteiger partial charge in [-0.15, -0.1) is 0 Å². The third kappa shape index (κ3) is 5.96. The lowest BCUT2D eigenvalue weighted by atomic mass is 9.88. The molecule has 0 N–H and O–H groups in total. The summed E-state index contributed by atoms with van der Waals surface area (Å²) in [5.41, 5.74) is 2.42. The number of methoxy groups -OCH3 is 1. The van der Waals surface area contributed by atoms with Gasteiger partial charge in [0.2, 0.25) is 0 Å². The second kappa shape index (κ2) is 11.0. The van der Waals surface area contributed by atoms with E-state index in [4.69, 9.17) is 9.47 Å². The van der Waals surface area contributed by atoms with Crippen LogP contribution in [0.15, 0.2) is 42.5 Å². The van der Waals surface area contributed by atoms with Crippen LogP contribution < -0.4 is 9.47 Å². The Morgan fingerprint density at radius 2 is 1.97 bits per heavy atom. The second-order valence-electron chi connectivity index (χ2n) is 9.72. The number of ether oxygens (including phenoxy) is 2. The normalized spacial score (nSPS) is 21.4. The molecule has 0 radical (unpaired) electrons. The van der Waals surface area contributed by atoms with E-state index in [0.717, 1.165) is 31.2 Å². The number of amides is 1. The van der Waals surface area contributed by atoms with Crippen LogP contribution >= 0.6 is 0 Å². The van der Waals surface area contributed by atoms with E-state index in [1.807, 2.05) is 24.3 Å². The van der Waals surface area contributed by atoms with E-state index >= 15 is 0 Å². The fourth-order valence-corrected chi connectivity index (χ4v) is 5.33. The molecule has 182 valence electrons. The maximum atomic E-state index is 13.7. The maximum absolute atomic E-state index is 13.7. The number of nitrogens with zero attached hydrogens (tertiary/aromatic N) is 1. The molecule has 6 heteroatoms. The molecule has 0 bridgehead atoms. The predicted molar refractivity (Wildman–Crippen MR) is 129 cm³/mol. The van der Waals surface area contributed by atoms with E-state index in [1.165, 1.54) is 25.2 Å². The van der Waals surface area contributed by atoms with Gasteiger partial charge in [-0.3, -0.25) is 9.59 Å². The quantitative estimate of drug-likeness (QED) is 0.516. The van der Waals surface area contributed by atoms with Crippen LogP contribution in [0.4, 0.5) is 4.39 Å². The number of hydrogen-bond acceptors (Lipinski definition) is 4. The average molecular weight is 468 g/mol. The maximum Gasteiger partial charge on any atom is 0.260 e. The van der Waals surface area contributed by atoms with Crippen LogP contribution in [-0.2, 0) is 9.59 Å². The highest BCUT2D eigenvalue weighted by Gasteiger charge is 2.28. The summed E-state index contributed by atoms with van der Waals surface area (Å²) in [5, 5.41) is 0. The third-order valence-electron chi connectivity index (χ3n) is 7.29. The van der Waals surface area contributed by atoms with Crippen molar-refractivity contribution in [1.29, 1.82) is 0 Å². The van der Waals surface area contributed by atoms with Crippen LogP contribution in [0.25, 0.3) is 0 Å². The first-order chi connectivity index (χ1) is 16.4. The van der Waals surface area contributed by atoms with E-state index in [9.17, 15) is 14.0 Å². The Hall–Kier alpha value is -2.89. The highest BCUT2D eigenvalue weighted by Crippen LogP contribution is 2.43. The number of piperidine rings is 1. The number of likely N-dealkylation sites (tertiary alicyclic amines) is 1. The molecule has 1 heterocycles. The average Bonchev–Trinajstić information content (AvgIpc) is 3.31. The number of ketones is 1. The first-order valence-electron chi connectivity index (χ1n) is 12.3.